The summed E-state index contributed by atoms with van der Waals surface area (Å²) in [4.78, 5) is 31.6. The number of nitrogens with zero attached hydrogens (tertiary/aromatic N) is 5. The summed E-state index contributed by atoms with van der Waals surface area (Å²) in [6.45, 7) is 8.73. The highest BCUT2D eigenvalue weighted by atomic mass is 32.1. The Hall–Kier alpha value is -2.33. The molecule has 2 aliphatic rings. The molecule has 2 amide bonds. The van der Waals surface area contributed by atoms with Crippen molar-refractivity contribution < 1.29 is 14.3 Å². The molecule has 0 aromatic carbocycles. The molecule has 2 aromatic rings. The molecule has 4 heterocycles. The lowest BCUT2D eigenvalue weighted by molar-refractivity contribution is -0.00214. The quantitative estimate of drug-likeness (QED) is 0.793. The van der Waals surface area contributed by atoms with Gasteiger partial charge in [0.15, 0.2) is 5.82 Å². The van der Waals surface area contributed by atoms with Gasteiger partial charge in [0.2, 0.25) is 5.82 Å². The number of aromatic nitrogens is 4. The van der Waals surface area contributed by atoms with Gasteiger partial charge < -0.3 is 19.5 Å². The number of carbonyl (C=O) groups is 2. The molecule has 9 nitrogen and oxygen atoms in total. The number of hydrogen-bond acceptors (Lipinski definition) is 7. The number of hydrogen-bond donors (Lipinski definition) is 1. The standard InChI is InChI=1S/C20H28N6O3S/c1-4-13(2)21-18(27)17-24-23-16-9-29-12-20(11-26(16)17)5-7-25(8-6-20)19(28)15-10-30-14(3)22-15/h10,13H,4-9,11-12H2,1-3H3,(H,21,27)/t13-/m0/s1. The predicted octanol–water partition coefficient (Wildman–Crippen LogP) is 2.02. The van der Waals surface area contributed by atoms with Crippen LogP contribution in [0.4, 0.5) is 0 Å². The maximum absolute atomic E-state index is 12.7. The fourth-order valence-corrected chi connectivity index (χ4v) is 4.60. The van der Waals surface area contributed by atoms with E-state index in [1.54, 1.807) is 0 Å². The average Bonchev–Trinajstić information content (AvgIpc) is 3.30. The third-order valence-electron chi connectivity index (χ3n) is 6.10. The summed E-state index contributed by atoms with van der Waals surface area (Å²) in [6.07, 6.45) is 2.44. The molecule has 1 spiro atoms. The summed E-state index contributed by atoms with van der Waals surface area (Å²) in [5.41, 5.74) is 0.379. The maximum Gasteiger partial charge on any atom is 0.289 e. The van der Waals surface area contributed by atoms with Crippen LogP contribution in [0.25, 0.3) is 0 Å². The fraction of sp³-hybridized carbons (Fsp3) is 0.650. The summed E-state index contributed by atoms with van der Waals surface area (Å²) < 4.78 is 7.83. The van der Waals surface area contributed by atoms with Crippen molar-refractivity contribution in [3.05, 3.63) is 27.7 Å². The van der Waals surface area contributed by atoms with E-state index in [0.29, 0.717) is 50.2 Å². The summed E-state index contributed by atoms with van der Waals surface area (Å²) in [7, 11) is 0. The molecule has 2 aliphatic heterocycles. The Bertz CT molecular complexity index is 931. The van der Waals surface area contributed by atoms with Crippen molar-refractivity contribution in [2.75, 3.05) is 19.7 Å². The molecule has 1 N–H and O–H groups in total. The molecule has 1 fully saturated rings. The number of fused-ring (bicyclic) bond motifs is 1. The summed E-state index contributed by atoms with van der Waals surface area (Å²) in [5.74, 6) is 0.804. The monoisotopic (exact) mass is 432 g/mol. The van der Waals surface area contributed by atoms with Crippen molar-refractivity contribution in [1.82, 2.24) is 30.0 Å². The molecule has 4 rings (SSSR count). The van der Waals surface area contributed by atoms with Crippen molar-refractivity contribution in [2.45, 2.75) is 59.2 Å². The number of piperidine rings is 1. The molecule has 0 saturated carbocycles. The van der Waals surface area contributed by atoms with Gasteiger partial charge in [-0.2, -0.15) is 0 Å². The van der Waals surface area contributed by atoms with E-state index in [2.05, 4.69) is 20.5 Å². The molecule has 0 radical (unpaired) electrons. The first-order valence-electron chi connectivity index (χ1n) is 10.4. The summed E-state index contributed by atoms with van der Waals surface area (Å²) in [5, 5.41) is 14.0. The van der Waals surface area contributed by atoms with E-state index in [9.17, 15) is 9.59 Å². The van der Waals surface area contributed by atoms with Gasteiger partial charge in [0, 0.05) is 36.5 Å². The van der Waals surface area contributed by atoms with E-state index in [-0.39, 0.29) is 23.3 Å². The highest BCUT2D eigenvalue weighted by Gasteiger charge is 2.40. The number of likely N-dealkylation sites (tertiary alicyclic amines) is 1. The van der Waals surface area contributed by atoms with Crippen LogP contribution in [-0.4, -0.2) is 62.2 Å². The highest BCUT2D eigenvalue weighted by Crippen LogP contribution is 2.37. The van der Waals surface area contributed by atoms with Crippen molar-refractivity contribution in [3.63, 3.8) is 0 Å². The molecule has 1 saturated heterocycles. The molecule has 0 unspecified atom stereocenters. The van der Waals surface area contributed by atoms with Gasteiger partial charge in [0.25, 0.3) is 11.8 Å². The molecular weight excluding hydrogens is 404 g/mol. The topological polar surface area (TPSA) is 102 Å². The van der Waals surface area contributed by atoms with Crippen LogP contribution >= 0.6 is 11.3 Å². The third kappa shape index (κ3) is 4.11. The Morgan fingerprint density at radius 2 is 2.10 bits per heavy atom. The van der Waals surface area contributed by atoms with Crippen LogP contribution in [0, 0.1) is 12.3 Å². The third-order valence-corrected chi connectivity index (χ3v) is 6.88. The first-order valence-corrected chi connectivity index (χ1v) is 11.3. The van der Waals surface area contributed by atoms with Crippen LogP contribution in [0.15, 0.2) is 5.38 Å². The van der Waals surface area contributed by atoms with Crippen LogP contribution in [-0.2, 0) is 17.9 Å². The normalized spacial score (nSPS) is 19.2. The lowest BCUT2D eigenvalue weighted by Gasteiger charge is -2.40. The second-order valence-corrected chi connectivity index (χ2v) is 9.41. The van der Waals surface area contributed by atoms with E-state index in [1.807, 2.05) is 35.6 Å². The van der Waals surface area contributed by atoms with Crippen molar-refractivity contribution in [3.8, 4) is 0 Å². The van der Waals surface area contributed by atoms with Crippen LogP contribution in [0.1, 0.15) is 65.0 Å². The minimum absolute atomic E-state index is 0.0117. The van der Waals surface area contributed by atoms with Crippen molar-refractivity contribution >= 4 is 23.2 Å². The zero-order valence-electron chi connectivity index (χ0n) is 17.7. The number of nitrogens with one attached hydrogen (secondary N) is 1. The molecule has 10 heteroatoms. The lowest BCUT2D eigenvalue weighted by Crippen LogP contribution is -2.46. The Labute approximate surface area is 179 Å². The van der Waals surface area contributed by atoms with Gasteiger partial charge >= 0.3 is 0 Å². The van der Waals surface area contributed by atoms with Crippen molar-refractivity contribution in [1.29, 1.82) is 0 Å². The van der Waals surface area contributed by atoms with E-state index in [4.69, 9.17) is 4.74 Å². The Morgan fingerprint density at radius 3 is 2.77 bits per heavy atom. The van der Waals surface area contributed by atoms with Crippen LogP contribution in [0.3, 0.4) is 0 Å². The second-order valence-electron chi connectivity index (χ2n) is 8.35. The van der Waals surface area contributed by atoms with Gasteiger partial charge in [-0.15, -0.1) is 21.5 Å². The second kappa shape index (κ2) is 8.43. The fourth-order valence-electron chi connectivity index (χ4n) is 4.02. The van der Waals surface area contributed by atoms with E-state index in [1.165, 1.54) is 11.3 Å². The summed E-state index contributed by atoms with van der Waals surface area (Å²) in [6, 6.07) is 0.0741. The molecule has 0 bridgehead atoms. The van der Waals surface area contributed by atoms with Gasteiger partial charge in [-0.05, 0) is 33.1 Å². The number of thiazole rings is 1. The minimum Gasteiger partial charge on any atom is -0.373 e. The smallest absolute Gasteiger partial charge is 0.289 e. The zero-order chi connectivity index (χ0) is 21.3. The number of aryl methyl sites for hydroxylation is 1. The summed E-state index contributed by atoms with van der Waals surface area (Å²) >= 11 is 1.49. The number of carbonyl (C=O) groups excluding carboxylic acids is 2. The van der Waals surface area contributed by atoms with Crippen LogP contribution < -0.4 is 5.32 Å². The Kier molecular flexibility index (Phi) is 5.88. The predicted molar refractivity (Wildman–Crippen MR) is 111 cm³/mol. The average molecular weight is 433 g/mol. The largest absolute Gasteiger partial charge is 0.373 e. The van der Waals surface area contributed by atoms with Crippen molar-refractivity contribution in [2.24, 2.45) is 5.41 Å². The number of ether oxygens (including phenoxy) is 1. The number of amides is 2. The maximum atomic E-state index is 12.7. The van der Waals surface area contributed by atoms with E-state index in [0.717, 1.165) is 24.3 Å². The van der Waals surface area contributed by atoms with Gasteiger partial charge in [-0.25, -0.2) is 4.98 Å². The van der Waals surface area contributed by atoms with Crippen LogP contribution in [0.2, 0.25) is 0 Å². The molecule has 2 aromatic heterocycles. The van der Waals surface area contributed by atoms with E-state index < -0.39 is 0 Å². The first-order chi connectivity index (χ1) is 14.4. The van der Waals surface area contributed by atoms with Gasteiger partial charge in [-0.3, -0.25) is 9.59 Å². The highest BCUT2D eigenvalue weighted by molar-refractivity contribution is 7.09. The molecule has 0 aliphatic carbocycles. The SMILES string of the molecule is CC[C@H](C)NC(=O)c1nnc2n1CC1(CCN(C(=O)c3csc(C)n3)CC1)COC2. The lowest BCUT2D eigenvalue weighted by atomic mass is 9.78. The molecule has 162 valence electrons. The zero-order valence-corrected chi connectivity index (χ0v) is 18.5. The number of rotatable bonds is 4. The minimum atomic E-state index is -0.202. The van der Waals surface area contributed by atoms with Gasteiger partial charge in [-0.1, -0.05) is 6.92 Å². The van der Waals surface area contributed by atoms with Gasteiger partial charge in [0.1, 0.15) is 12.3 Å². The molecule has 30 heavy (non-hydrogen) atoms. The van der Waals surface area contributed by atoms with Gasteiger partial charge in [0.05, 0.1) is 11.6 Å². The van der Waals surface area contributed by atoms with Crippen LogP contribution in [0.5, 0.6) is 0 Å². The van der Waals surface area contributed by atoms with E-state index >= 15 is 0 Å². The Balaban J connectivity index is 1.48. The Morgan fingerprint density at radius 1 is 1.33 bits per heavy atom. The first kappa shape index (κ1) is 20.9. The molecular formula is C20H28N6O3S. The molecule has 1 atom stereocenters.